The number of nitrogens with one attached hydrogen (secondary N) is 3. The summed E-state index contributed by atoms with van der Waals surface area (Å²) >= 11 is 0. The number of hydrogen-bond acceptors (Lipinski definition) is 2. The van der Waals surface area contributed by atoms with Crippen LogP contribution in [0.2, 0.25) is 0 Å². The number of rotatable bonds is 6. The van der Waals surface area contributed by atoms with E-state index in [1.807, 2.05) is 0 Å². The zero-order valence-electron chi connectivity index (χ0n) is 16.9. The van der Waals surface area contributed by atoms with Gasteiger partial charge in [-0.05, 0) is 44.2 Å². The lowest BCUT2D eigenvalue weighted by molar-refractivity contribution is 0.242. The highest BCUT2D eigenvalue weighted by atomic mass is 127. The Balaban J connectivity index is 0.00000225. The molecule has 3 N–H and O–H groups in total. The molecule has 0 amide bonds. The van der Waals surface area contributed by atoms with Crippen molar-refractivity contribution in [2.24, 2.45) is 4.99 Å². The van der Waals surface area contributed by atoms with Crippen molar-refractivity contribution in [2.75, 3.05) is 26.2 Å². The van der Waals surface area contributed by atoms with Gasteiger partial charge in [0.15, 0.2) is 5.96 Å². The first kappa shape index (κ1) is 21.4. The van der Waals surface area contributed by atoms with Crippen molar-refractivity contribution in [3.8, 4) is 0 Å². The zero-order valence-corrected chi connectivity index (χ0v) is 19.2. The third kappa shape index (κ3) is 5.20. The number of hydrogen-bond donors (Lipinski definition) is 3. The first-order valence-electron chi connectivity index (χ1n) is 10.7. The summed E-state index contributed by atoms with van der Waals surface area (Å²) in [6.07, 6.45) is 9.92. The first-order valence-corrected chi connectivity index (χ1v) is 10.7. The van der Waals surface area contributed by atoms with E-state index in [0.717, 1.165) is 38.1 Å². The van der Waals surface area contributed by atoms with Crippen LogP contribution in [0.5, 0.6) is 0 Å². The van der Waals surface area contributed by atoms with Crippen molar-refractivity contribution in [1.29, 1.82) is 0 Å². The van der Waals surface area contributed by atoms with Gasteiger partial charge in [-0.25, -0.2) is 0 Å². The number of halogens is 1. The molecular weight excluding hydrogens is 461 g/mol. The fraction of sp³-hybridized carbons (Fsp3) is 0.591. The number of aliphatic imine (C=N–C) groups is 1. The predicted molar refractivity (Wildman–Crippen MR) is 129 cm³/mol. The minimum absolute atomic E-state index is 0. The molecule has 1 unspecified atom stereocenters. The molecule has 4 rings (SSSR count). The van der Waals surface area contributed by atoms with Crippen LogP contribution >= 0.6 is 24.0 Å². The van der Waals surface area contributed by atoms with Crippen molar-refractivity contribution >= 4 is 40.8 Å². The molecule has 1 aromatic carbocycles. The van der Waals surface area contributed by atoms with Crippen LogP contribution in [0.3, 0.4) is 0 Å². The van der Waals surface area contributed by atoms with Gasteiger partial charge in [0.25, 0.3) is 0 Å². The van der Waals surface area contributed by atoms with Crippen molar-refractivity contribution in [3.63, 3.8) is 0 Å². The molecule has 28 heavy (non-hydrogen) atoms. The van der Waals surface area contributed by atoms with Crippen LogP contribution in [-0.2, 0) is 6.42 Å². The minimum atomic E-state index is 0. The van der Waals surface area contributed by atoms with Gasteiger partial charge in [-0.3, -0.25) is 9.89 Å². The van der Waals surface area contributed by atoms with E-state index >= 15 is 0 Å². The smallest absolute Gasteiger partial charge is 0.191 e. The Morgan fingerprint density at radius 1 is 1.21 bits per heavy atom. The average molecular weight is 495 g/mol. The zero-order chi connectivity index (χ0) is 18.5. The molecule has 5 nitrogen and oxygen atoms in total. The molecule has 1 atom stereocenters. The topological polar surface area (TPSA) is 55.5 Å². The molecule has 0 spiro atoms. The van der Waals surface area contributed by atoms with E-state index in [1.165, 1.54) is 55.1 Å². The Hall–Kier alpha value is -1.28. The second-order valence-electron chi connectivity index (χ2n) is 7.93. The maximum Gasteiger partial charge on any atom is 0.191 e. The summed E-state index contributed by atoms with van der Waals surface area (Å²) in [4.78, 5) is 10.9. The van der Waals surface area contributed by atoms with E-state index in [1.54, 1.807) is 0 Å². The Morgan fingerprint density at radius 3 is 2.86 bits per heavy atom. The highest BCUT2D eigenvalue weighted by Crippen LogP contribution is 2.26. The number of aromatic nitrogens is 1. The summed E-state index contributed by atoms with van der Waals surface area (Å²) in [5.41, 5.74) is 2.55. The molecule has 1 aromatic heterocycles. The lowest BCUT2D eigenvalue weighted by atomic mass is 10.1. The lowest BCUT2D eigenvalue weighted by Crippen LogP contribution is -2.45. The van der Waals surface area contributed by atoms with Gasteiger partial charge in [-0.15, -0.1) is 24.0 Å². The van der Waals surface area contributed by atoms with Gasteiger partial charge < -0.3 is 15.6 Å². The van der Waals surface area contributed by atoms with Crippen LogP contribution in [-0.4, -0.2) is 54.1 Å². The molecule has 2 aromatic rings. The summed E-state index contributed by atoms with van der Waals surface area (Å²) in [5, 5.41) is 8.41. The molecule has 6 heteroatoms. The maximum absolute atomic E-state index is 4.84. The number of nitrogens with zero attached hydrogens (tertiary/aromatic N) is 2. The second-order valence-corrected chi connectivity index (χ2v) is 7.93. The number of aromatic amines is 1. The molecule has 2 heterocycles. The van der Waals surface area contributed by atoms with Gasteiger partial charge in [0.2, 0.25) is 0 Å². The van der Waals surface area contributed by atoms with Crippen LogP contribution in [0.25, 0.3) is 10.9 Å². The van der Waals surface area contributed by atoms with Crippen LogP contribution in [0, 0.1) is 0 Å². The minimum Gasteiger partial charge on any atom is -0.361 e. The van der Waals surface area contributed by atoms with Crippen LogP contribution in [0.4, 0.5) is 0 Å². The summed E-state index contributed by atoms with van der Waals surface area (Å²) in [5.74, 6) is 0.968. The van der Waals surface area contributed by atoms with Crippen molar-refractivity contribution in [2.45, 2.75) is 57.5 Å². The van der Waals surface area contributed by atoms with Crippen LogP contribution < -0.4 is 10.6 Å². The molecule has 1 saturated carbocycles. The van der Waals surface area contributed by atoms with E-state index in [-0.39, 0.29) is 24.0 Å². The number of guanidine groups is 1. The summed E-state index contributed by atoms with van der Waals surface area (Å²) < 4.78 is 0. The Labute approximate surface area is 185 Å². The summed E-state index contributed by atoms with van der Waals surface area (Å²) in [6.45, 7) is 6.24. The molecule has 154 valence electrons. The fourth-order valence-electron chi connectivity index (χ4n) is 4.65. The number of H-pyrrole nitrogens is 1. The highest BCUT2D eigenvalue weighted by molar-refractivity contribution is 14.0. The normalized spacial score (nSPS) is 21.2. The highest BCUT2D eigenvalue weighted by Gasteiger charge is 2.30. The third-order valence-electron chi connectivity index (χ3n) is 6.07. The van der Waals surface area contributed by atoms with Crippen molar-refractivity contribution in [3.05, 3.63) is 36.0 Å². The SMILES string of the molecule is CCNC(=NCCc1c[nH]c2ccccc12)NC1CCN(C2CCCC2)C1.I. The Morgan fingerprint density at radius 2 is 2.04 bits per heavy atom. The summed E-state index contributed by atoms with van der Waals surface area (Å²) in [7, 11) is 0. The molecular formula is C22H34IN5. The number of likely N-dealkylation sites (tertiary alicyclic amines) is 1. The number of benzene rings is 1. The third-order valence-corrected chi connectivity index (χ3v) is 6.07. The quantitative estimate of drug-likeness (QED) is 0.324. The molecule has 1 aliphatic carbocycles. The number of para-hydroxylation sites is 1. The molecule has 0 bridgehead atoms. The molecule has 1 aliphatic heterocycles. The average Bonchev–Trinajstić information content (AvgIpc) is 3.43. The fourth-order valence-corrected chi connectivity index (χ4v) is 4.65. The van der Waals surface area contributed by atoms with Gasteiger partial charge >= 0.3 is 0 Å². The largest absolute Gasteiger partial charge is 0.361 e. The van der Waals surface area contributed by atoms with Crippen LogP contribution in [0.1, 0.15) is 44.6 Å². The van der Waals surface area contributed by atoms with E-state index in [4.69, 9.17) is 4.99 Å². The monoisotopic (exact) mass is 495 g/mol. The lowest BCUT2D eigenvalue weighted by Gasteiger charge is -2.24. The molecule has 2 fully saturated rings. The summed E-state index contributed by atoms with van der Waals surface area (Å²) in [6, 6.07) is 9.85. The predicted octanol–water partition coefficient (Wildman–Crippen LogP) is 3.90. The molecule has 0 radical (unpaired) electrons. The Bertz CT molecular complexity index is 765. The van der Waals surface area contributed by atoms with E-state index in [2.05, 4.69) is 57.9 Å². The first-order chi connectivity index (χ1) is 13.3. The van der Waals surface area contributed by atoms with Crippen LogP contribution in [0.15, 0.2) is 35.5 Å². The second kappa shape index (κ2) is 10.5. The standard InChI is InChI=1S/C22H33N5.HI/c1-2-23-22(26-18-12-14-27(16-18)19-7-3-4-8-19)24-13-11-17-15-25-21-10-6-5-9-20(17)21;/h5-6,9-10,15,18-19,25H,2-4,7-8,11-14,16H2,1H3,(H2,23,24,26);1H. The van der Waals surface area contributed by atoms with Crippen molar-refractivity contribution in [1.82, 2.24) is 20.5 Å². The van der Waals surface area contributed by atoms with Crippen molar-refractivity contribution < 1.29 is 0 Å². The van der Waals surface area contributed by atoms with E-state index < -0.39 is 0 Å². The van der Waals surface area contributed by atoms with Gasteiger partial charge in [0, 0.05) is 55.4 Å². The van der Waals surface area contributed by atoms with Gasteiger partial charge in [0.05, 0.1) is 0 Å². The van der Waals surface area contributed by atoms with E-state index in [9.17, 15) is 0 Å². The van der Waals surface area contributed by atoms with E-state index in [0.29, 0.717) is 6.04 Å². The molecule has 1 saturated heterocycles. The maximum atomic E-state index is 4.84. The Kier molecular flexibility index (Phi) is 8.02. The van der Waals surface area contributed by atoms with Gasteiger partial charge in [0.1, 0.15) is 0 Å². The number of fused-ring (bicyclic) bond motifs is 1. The molecule has 2 aliphatic rings. The van der Waals surface area contributed by atoms with Gasteiger partial charge in [-0.1, -0.05) is 31.0 Å². The van der Waals surface area contributed by atoms with Gasteiger partial charge in [-0.2, -0.15) is 0 Å².